The number of carbonyl (C=O) groups excluding carboxylic acids is 1. The number of benzene rings is 2. The van der Waals surface area contributed by atoms with Gasteiger partial charge in [-0.2, -0.15) is 0 Å². The van der Waals surface area contributed by atoms with Gasteiger partial charge in [-0.15, -0.1) is 0 Å². The van der Waals surface area contributed by atoms with Crippen molar-refractivity contribution in [3.05, 3.63) is 77.6 Å². The zero-order valence-electron chi connectivity index (χ0n) is 15.7. The fourth-order valence-corrected chi connectivity index (χ4v) is 4.23. The number of pyridine rings is 1. The Labute approximate surface area is 171 Å². The summed E-state index contributed by atoms with van der Waals surface area (Å²) in [6.07, 6.45) is 3.48. The highest BCUT2D eigenvalue weighted by Gasteiger charge is 2.23. The summed E-state index contributed by atoms with van der Waals surface area (Å²) in [5.74, 6) is 1.28. The predicted octanol–water partition coefficient (Wildman–Crippen LogP) is 4.58. The molecule has 1 aliphatic heterocycles. The maximum Gasteiger partial charge on any atom is 0.260 e. The molecule has 0 N–H and O–H groups in total. The maximum absolute atomic E-state index is 13.4. The van der Waals surface area contributed by atoms with Gasteiger partial charge in [0.1, 0.15) is 0 Å². The largest absolute Gasteiger partial charge is 0.454 e. The van der Waals surface area contributed by atoms with E-state index >= 15 is 0 Å². The predicted molar refractivity (Wildman–Crippen MR) is 112 cm³/mol. The van der Waals surface area contributed by atoms with Crippen LogP contribution in [0.2, 0.25) is 0 Å². The second-order valence-electron chi connectivity index (χ2n) is 6.79. The Morgan fingerprint density at radius 2 is 2.00 bits per heavy atom. The SMILES string of the molecule is Cc1cccc(C(=O)N(Cc2cccnc2)c2nc3cc4c(cc3s2)OCO4)c1. The second kappa shape index (κ2) is 7.18. The Balaban J connectivity index is 1.57. The molecule has 5 rings (SSSR count). The Bertz CT molecular complexity index is 1170. The summed E-state index contributed by atoms with van der Waals surface area (Å²) in [5, 5.41) is 0.624. The van der Waals surface area contributed by atoms with Gasteiger partial charge < -0.3 is 9.47 Å². The molecule has 1 aliphatic rings. The lowest BCUT2D eigenvalue weighted by Crippen LogP contribution is -2.30. The van der Waals surface area contributed by atoms with E-state index in [4.69, 9.17) is 14.5 Å². The van der Waals surface area contributed by atoms with Crippen molar-refractivity contribution in [1.29, 1.82) is 0 Å². The Kier molecular flexibility index (Phi) is 4.37. The quantitative estimate of drug-likeness (QED) is 0.499. The minimum absolute atomic E-state index is 0.100. The number of carbonyl (C=O) groups is 1. The number of rotatable bonds is 4. The molecular weight excluding hydrogens is 386 g/mol. The van der Waals surface area contributed by atoms with Crippen LogP contribution in [0.15, 0.2) is 60.9 Å². The zero-order chi connectivity index (χ0) is 19.8. The number of amides is 1. The molecule has 29 heavy (non-hydrogen) atoms. The lowest BCUT2D eigenvalue weighted by atomic mass is 10.1. The summed E-state index contributed by atoms with van der Waals surface area (Å²) < 4.78 is 11.9. The van der Waals surface area contributed by atoms with E-state index in [1.807, 2.05) is 55.5 Å². The Morgan fingerprint density at radius 3 is 2.79 bits per heavy atom. The van der Waals surface area contributed by atoms with Crippen molar-refractivity contribution in [2.24, 2.45) is 0 Å². The van der Waals surface area contributed by atoms with Gasteiger partial charge in [-0.3, -0.25) is 14.7 Å². The highest BCUT2D eigenvalue weighted by atomic mass is 32.1. The number of thiazole rings is 1. The van der Waals surface area contributed by atoms with Crippen molar-refractivity contribution in [2.75, 3.05) is 11.7 Å². The summed E-state index contributed by atoms with van der Waals surface area (Å²) in [5.41, 5.74) is 3.37. The van der Waals surface area contributed by atoms with Crippen LogP contribution in [0.3, 0.4) is 0 Å². The molecule has 4 aromatic rings. The highest BCUT2D eigenvalue weighted by Crippen LogP contribution is 2.40. The molecule has 0 unspecified atom stereocenters. The van der Waals surface area contributed by atoms with Crippen LogP contribution in [0.4, 0.5) is 5.13 Å². The molecule has 0 radical (unpaired) electrons. The van der Waals surface area contributed by atoms with E-state index in [-0.39, 0.29) is 12.7 Å². The minimum Gasteiger partial charge on any atom is -0.454 e. The minimum atomic E-state index is -0.100. The van der Waals surface area contributed by atoms with Gasteiger partial charge in [-0.1, -0.05) is 35.1 Å². The molecule has 0 saturated heterocycles. The lowest BCUT2D eigenvalue weighted by Gasteiger charge is -2.20. The molecule has 144 valence electrons. The maximum atomic E-state index is 13.4. The smallest absolute Gasteiger partial charge is 0.260 e. The summed E-state index contributed by atoms with van der Waals surface area (Å²) >= 11 is 1.46. The summed E-state index contributed by atoms with van der Waals surface area (Å²) in [7, 11) is 0. The van der Waals surface area contributed by atoms with E-state index in [1.54, 1.807) is 17.3 Å². The molecule has 1 amide bonds. The molecule has 0 fully saturated rings. The molecule has 7 heteroatoms. The number of ether oxygens (including phenoxy) is 2. The van der Waals surface area contributed by atoms with Crippen LogP contribution >= 0.6 is 11.3 Å². The van der Waals surface area contributed by atoms with Crippen LogP contribution in [-0.4, -0.2) is 22.7 Å². The number of hydrogen-bond acceptors (Lipinski definition) is 6. The van der Waals surface area contributed by atoms with E-state index in [1.165, 1.54) is 11.3 Å². The number of aryl methyl sites for hydroxylation is 1. The fourth-order valence-electron chi connectivity index (χ4n) is 3.26. The van der Waals surface area contributed by atoms with E-state index in [0.29, 0.717) is 28.7 Å². The second-order valence-corrected chi connectivity index (χ2v) is 7.80. The third-order valence-corrected chi connectivity index (χ3v) is 5.72. The third kappa shape index (κ3) is 3.40. The van der Waals surface area contributed by atoms with E-state index in [9.17, 15) is 4.79 Å². The summed E-state index contributed by atoms with van der Waals surface area (Å²) in [4.78, 5) is 24.0. The zero-order valence-corrected chi connectivity index (χ0v) is 16.5. The normalized spacial score (nSPS) is 12.3. The van der Waals surface area contributed by atoms with Crippen LogP contribution in [0.25, 0.3) is 10.2 Å². The Morgan fingerprint density at radius 1 is 1.14 bits per heavy atom. The molecule has 2 aromatic heterocycles. The first-order valence-electron chi connectivity index (χ1n) is 9.15. The molecule has 6 nitrogen and oxygen atoms in total. The van der Waals surface area contributed by atoms with Crippen molar-refractivity contribution in [3.8, 4) is 11.5 Å². The highest BCUT2D eigenvalue weighted by molar-refractivity contribution is 7.22. The number of fused-ring (bicyclic) bond motifs is 2. The molecule has 0 aliphatic carbocycles. The average Bonchev–Trinajstić information content (AvgIpc) is 3.36. The average molecular weight is 403 g/mol. The number of aromatic nitrogens is 2. The van der Waals surface area contributed by atoms with Crippen LogP contribution in [0.1, 0.15) is 21.5 Å². The van der Waals surface area contributed by atoms with Crippen LogP contribution in [-0.2, 0) is 6.54 Å². The van der Waals surface area contributed by atoms with Crippen LogP contribution in [0.5, 0.6) is 11.5 Å². The monoisotopic (exact) mass is 403 g/mol. The number of nitrogens with zero attached hydrogens (tertiary/aromatic N) is 3. The van der Waals surface area contributed by atoms with Crippen molar-refractivity contribution in [2.45, 2.75) is 13.5 Å². The van der Waals surface area contributed by atoms with Gasteiger partial charge in [-0.25, -0.2) is 4.98 Å². The van der Waals surface area contributed by atoms with Crippen molar-refractivity contribution in [3.63, 3.8) is 0 Å². The van der Waals surface area contributed by atoms with Gasteiger partial charge in [0, 0.05) is 30.1 Å². The first-order valence-corrected chi connectivity index (χ1v) is 9.97. The number of anilines is 1. The van der Waals surface area contributed by atoms with E-state index < -0.39 is 0 Å². The van der Waals surface area contributed by atoms with E-state index in [0.717, 1.165) is 21.3 Å². The summed E-state index contributed by atoms with van der Waals surface area (Å²) in [6.45, 7) is 2.58. The number of hydrogen-bond donors (Lipinski definition) is 0. The topological polar surface area (TPSA) is 64.6 Å². The Hall–Kier alpha value is -3.45. The van der Waals surface area contributed by atoms with Crippen LogP contribution < -0.4 is 14.4 Å². The van der Waals surface area contributed by atoms with Crippen molar-refractivity contribution >= 4 is 32.6 Å². The van der Waals surface area contributed by atoms with Crippen molar-refractivity contribution in [1.82, 2.24) is 9.97 Å². The van der Waals surface area contributed by atoms with Crippen molar-refractivity contribution < 1.29 is 14.3 Å². The van der Waals surface area contributed by atoms with Gasteiger partial charge in [-0.05, 0) is 30.7 Å². The standard InChI is InChI=1S/C22H17N3O3S/c1-14-4-2-6-16(8-14)21(26)25(12-15-5-3-7-23-11-15)22-24-17-9-18-19(28-13-27-18)10-20(17)29-22/h2-11H,12-13H2,1H3. The van der Waals surface area contributed by atoms with Crippen LogP contribution in [0, 0.1) is 6.92 Å². The molecule has 0 saturated carbocycles. The van der Waals surface area contributed by atoms with Gasteiger partial charge in [0.25, 0.3) is 5.91 Å². The lowest BCUT2D eigenvalue weighted by molar-refractivity contribution is 0.0985. The molecule has 0 atom stereocenters. The van der Waals surface area contributed by atoms with E-state index in [2.05, 4.69) is 4.98 Å². The molecule has 0 bridgehead atoms. The van der Waals surface area contributed by atoms with Gasteiger partial charge in [0.05, 0.1) is 16.8 Å². The fraction of sp³-hybridized carbons (Fsp3) is 0.136. The first-order chi connectivity index (χ1) is 14.2. The molecule has 0 spiro atoms. The molecule has 2 aromatic carbocycles. The molecule has 3 heterocycles. The third-order valence-electron chi connectivity index (χ3n) is 4.68. The van der Waals surface area contributed by atoms with Gasteiger partial charge in [0.15, 0.2) is 16.6 Å². The first kappa shape index (κ1) is 17.6. The van der Waals surface area contributed by atoms with Gasteiger partial charge in [0.2, 0.25) is 6.79 Å². The summed E-state index contributed by atoms with van der Waals surface area (Å²) in [6, 6.07) is 15.2. The van der Waals surface area contributed by atoms with Gasteiger partial charge >= 0.3 is 0 Å². The molecular formula is C22H17N3O3S.